The van der Waals surface area contributed by atoms with Gasteiger partial charge in [0, 0.05) is 33.2 Å². The molecule has 0 aromatic carbocycles. The minimum atomic E-state index is 0. The van der Waals surface area contributed by atoms with Crippen molar-refractivity contribution >= 4 is 46.8 Å². The minimum absolute atomic E-state index is 0. The second kappa shape index (κ2) is 10.8. The van der Waals surface area contributed by atoms with Crippen LogP contribution in [0.25, 0.3) is 11.0 Å². The molecular formula is C19H33IN8. The van der Waals surface area contributed by atoms with E-state index in [1.165, 1.54) is 25.7 Å². The van der Waals surface area contributed by atoms with Crippen LogP contribution in [-0.2, 0) is 7.05 Å². The van der Waals surface area contributed by atoms with Gasteiger partial charge in [-0.05, 0) is 37.5 Å². The number of nitrogens with one attached hydrogen (secondary N) is 3. The third kappa shape index (κ3) is 5.68. The van der Waals surface area contributed by atoms with Crippen molar-refractivity contribution in [1.29, 1.82) is 0 Å². The number of aliphatic imine (C=N–C) groups is 1. The van der Waals surface area contributed by atoms with E-state index in [2.05, 4.69) is 49.9 Å². The van der Waals surface area contributed by atoms with E-state index in [0.29, 0.717) is 6.04 Å². The summed E-state index contributed by atoms with van der Waals surface area (Å²) in [6.07, 6.45) is 8.42. The van der Waals surface area contributed by atoms with Gasteiger partial charge in [0.15, 0.2) is 11.6 Å². The third-order valence-corrected chi connectivity index (χ3v) is 5.52. The Balaban J connectivity index is 0.00000280. The molecule has 8 nitrogen and oxygen atoms in total. The molecule has 1 aliphatic carbocycles. The van der Waals surface area contributed by atoms with Gasteiger partial charge in [-0.15, -0.1) is 24.0 Å². The van der Waals surface area contributed by atoms with Crippen molar-refractivity contribution < 1.29 is 0 Å². The van der Waals surface area contributed by atoms with Crippen LogP contribution in [0.4, 0.5) is 5.82 Å². The smallest absolute Gasteiger partial charge is 0.191 e. The first-order chi connectivity index (χ1) is 13.1. The van der Waals surface area contributed by atoms with Crippen LogP contribution in [-0.4, -0.2) is 51.9 Å². The van der Waals surface area contributed by atoms with E-state index >= 15 is 0 Å². The maximum Gasteiger partial charge on any atom is 0.191 e. The van der Waals surface area contributed by atoms with Crippen molar-refractivity contribution in [3.05, 3.63) is 12.5 Å². The highest BCUT2D eigenvalue weighted by molar-refractivity contribution is 14.0. The summed E-state index contributed by atoms with van der Waals surface area (Å²) in [5, 5.41) is 15.5. The van der Waals surface area contributed by atoms with Gasteiger partial charge in [-0.25, -0.2) is 9.97 Å². The van der Waals surface area contributed by atoms with Gasteiger partial charge in [0.25, 0.3) is 0 Å². The monoisotopic (exact) mass is 500 g/mol. The number of fused-ring (bicyclic) bond motifs is 1. The number of aryl methyl sites for hydroxylation is 1. The molecule has 0 aliphatic heterocycles. The Hall–Kier alpha value is -1.65. The average molecular weight is 500 g/mol. The number of guanidine groups is 1. The highest BCUT2D eigenvalue weighted by Crippen LogP contribution is 2.29. The molecule has 0 atom stereocenters. The number of aromatic nitrogens is 4. The zero-order valence-corrected chi connectivity index (χ0v) is 19.6. The summed E-state index contributed by atoms with van der Waals surface area (Å²) >= 11 is 0. The molecule has 0 spiro atoms. The standard InChI is InChI=1S/C19H32N8.HI/c1-13(2)14-5-7-15(8-6-14)26-19(20-3)22-10-9-21-17-16-11-25-27(4)18(16)24-12-23-17;/h11-15H,5-10H2,1-4H3,(H2,20,22,26)(H,21,23,24);1H. The molecule has 0 radical (unpaired) electrons. The van der Waals surface area contributed by atoms with Crippen molar-refractivity contribution in [1.82, 2.24) is 30.4 Å². The highest BCUT2D eigenvalue weighted by Gasteiger charge is 2.23. The SMILES string of the molecule is CN=C(NCCNc1ncnc2c1cnn2C)NC1CCC(C(C)C)CC1.I. The van der Waals surface area contributed by atoms with Gasteiger partial charge < -0.3 is 16.0 Å². The van der Waals surface area contributed by atoms with Gasteiger partial charge in [0.1, 0.15) is 12.1 Å². The maximum absolute atomic E-state index is 4.36. The van der Waals surface area contributed by atoms with Gasteiger partial charge in [-0.1, -0.05) is 13.8 Å². The molecule has 0 amide bonds. The Morgan fingerprint density at radius 3 is 2.64 bits per heavy atom. The number of anilines is 1. The number of hydrogen-bond acceptors (Lipinski definition) is 5. The predicted octanol–water partition coefficient (Wildman–Crippen LogP) is 2.77. The van der Waals surface area contributed by atoms with Crippen molar-refractivity contribution in [3.8, 4) is 0 Å². The molecule has 0 unspecified atom stereocenters. The lowest BCUT2D eigenvalue weighted by Crippen LogP contribution is -2.46. The molecule has 2 heterocycles. The van der Waals surface area contributed by atoms with Crippen LogP contribution in [0.5, 0.6) is 0 Å². The molecule has 3 rings (SSSR count). The molecule has 9 heteroatoms. The lowest BCUT2D eigenvalue weighted by Gasteiger charge is -2.32. The Bertz CT molecular complexity index is 764. The molecule has 1 aliphatic rings. The second-order valence-electron chi connectivity index (χ2n) is 7.65. The second-order valence-corrected chi connectivity index (χ2v) is 7.65. The first kappa shape index (κ1) is 22.6. The zero-order valence-electron chi connectivity index (χ0n) is 17.3. The first-order valence-corrected chi connectivity index (χ1v) is 9.92. The molecule has 2 aromatic rings. The lowest BCUT2D eigenvalue weighted by atomic mass is 9.80. The Kier molecular flexibility index (Phi) is 8.71. The van der Waals surface area contributed by atoms with E-state index in [0.717, 1.165) is 47.7 Å². The summed E-state index contributed by atoms with van der Waals surface area (Å²) in [6.45, 7) is 6.17. The van der Waals surface area contributed by atoms with Crippen LogP contribution in [0.15, 0.2) is 17.5 Å². The van der Waals surface area contributed by atoms with Crippen LogP contribution in [0.3, 0.4) is 0 Å². The van der Waals surface area contributed by atoms with Crippen LogP contribution < -0.4 is 16.0 Å². The topological polar surface area (TPSA) is 92.1 Å². The van der Waals surface area contributed by atoms with E-state index in [1.807, 2.05) is 14.1 Å². The minimum Gasteiger partial charge on any atom is -0.368 e. The fourth-order valence-electron chi connectivity index (χ4n) is 3.78. The Morgan fingerprint density at radius 2 is 1.96 bits per heavy atom. The molecule has 0 bridgehead atoms. The number of hydrogen-bond donors (Lipinski definition) is 3. The molecule has 156 valence electrons. The lowest BCUT2D eigenvalue weighted by molar-refractivity contribution is 0.250. The van der Waals surface area contributed by atoms with E-state index in [4.69, 9.17) is 0 Å². The highest BCUT2D eigenvalue weighted by atomic mass is 127. The summed E-state index contributed by atoms with van der Waals surface area (Å²) in [7, 11) is 3.71. The number of rotatable bonds is 6. The van der Waals surface area contributed by atoms with Crippen LogP contribution in [0.1, 0.15) is 39.5 Å². The number of nitrogens with zero attached hydrogens (tertiary/aromatic N) is 5. The van der Waals surface area contributed by atoms with Crippen molar-refractivity contribution in [2.24, 2.45) is 23.9 Å². The largest absolute Gasteiger partial charge is 0.368 e. The molecule has 1 saturated carbocycles. The van der Waals surface area contributed by atoms with Crippen LogP contribution >= 0.6 is 24.0 Å². The van der Waals surface area contributed by atoms with Gasteiger partial charge in [0.05, 0.1) is 11.6 Å². The molecular weight excluding hydrogens is 467 g/mol. The summed E-state index contributed by atoms with van der Waals surface area (Å²) in [6, 6.07) is 0.524. The van der Waals surface area contributed by atoms with E-state index in [1.54, 1.807) is 17.2 Å². The zero-order chi connectivity index (χ0) is 19.2. The van der Waals surface area contributed by atoms with Crippen LogP contribution in [0.2, 0.25) is 0 Å². The van der Waals surface area contributed by atoms with Crippen molar-refractivity contribution in [2.45, 2.75) is 45.6 Å². The summed E-state index contributed by atoms with van der Waals surface area (Å²) in [5.74, 6) is 3.35. The quantitative estimate of drug-likeness (QED) is 0.245. The van der Waals surface area contributed by atoms with Gasteiger partial charge in [0.2, 0.25) is 0 Å². The van der Waals surface area contributed by atoms with Gasteiger partial charge >= 0.3 is 0 Å². The molecule has 28 heavy (non-hydrogen) atoms. The fourth-order valence-corrected chi connectivity index (χ4v) is 3.78. The maximum atomic E-state index is 4.36. The summed E-state index contributed by atoms with van der Waals surface area (Å²) < 4.78 is 1.75. The molecule has 1 fully saturated rings. The first-order valence-electron chi connectivity index (χ1n) is 9.92. The molecule has 0 saturated heterocycles. The van der Waals surface area contributed by atoms with E-state index in [9.17, 15) is 0 Å². The normalized spacial score (nSPS) is 20.1. The summed E-state index contributed by atoms with van der Waals surface area (Å²) in [4.78, 5) is 12.9. The molecule has 2 aromatic heterocycles. The van der Waals surface area contributed by atoms with Crippen molar-refractivity contribution in [2.75, 3.05) is 25.5 Å². The summed E-state index contributed by atoms with van der Waals surface area (Å²) in [5.41, 5.74) is 0.829. The Labute approximate surface area is 184 Å². The predicted molar refractivity (Wildman–Crippen MR) is 125 cm³/mol. The average Bonchev–Trinajstić information content (AvgIpc) is 3.06. The third-order valence-electron chi connectivity index (χ3n) is 5.52. The van der Waals surface area contributed by atoms with Crippen molar-refractivity contribution in [3.63, 3.8) is 0 Å². The van der Waals surface area contributed by atoms with Gasteiger partial charge in [-0.2, -0.15) is 5.10 Å². The van der Waals surface area contributed by atoms with Crippen LogP contribution in [0, 0.1) is 11.8 Å². The number of halogens is 1. The fraction of sp³-hybridized carbons (Fsp3) is 0.684. The molecule has 3 N–H and O–H groups in total. The van der Waals surface area contributed by atoms with Gasteiger partial charge in [-0.3, -0.25) is 9.67 Å². The van der Waals surface area contributed by atoms with E-state index < -0.39 is 0 Å². The Morgan fingerprint density at radius 1 is 1.21 bits per heavy atom. The van der Waals surface area contributed by atoms with E-state index in [-0.39, 0.29) is 24.0 Å².